The van der Waals surface area contributed by atoms with Crippen molar-refractivity contribution in [3.05, 3.63) is 12.2 Å². The Balaban J connectivity index is 1.52. The van der Waals surface area contributed by atoms with E-state index in [9.17, 15) is 14.4 Å². The quantitative estimate of drug-likeness (QED) is 0.628. The summed E-state index contributed by atoms with van der Waals surface area (Å²) >= 11 is 0. The second-order valence-electron chi connectivity index (χ2n) is 6.28. The molecule has 0 aromatic carbocycles. The standard InChI is InChI=1S/C16H22N2O3/c19-14(17-11-5-1-2-6-11)9-10-18-15(20)12-7-3-4-8-13(12)16(18)21/h3-4,11-13H,1-2,5-10H2,(H,17,19)/t12-,13-/m1/s1. The van der Waals surface area contributed by atoms with Crippen molar-refractivity contribution in [3.8, 4) is 0 Å². The average Bonchev–Trinajstić information content (AvgIpc) is 3.07. The molecule has 0 radical (unpaired) electrons. The number of amides is 3. The van der Waals surface area contributed by atoms with Crippen LogP contribution in [0.25, 0.3) is 0 Å². The van der Waals surface area contributed by atoms with Gasteiger partial charge in [-0.25, -0.2) is 0 Å². The second kappa shape index (κ2) is 6.00. The molecule has 21 heavy (non-hydrogen) atoms. The molecule has 0 aromatic heterocycles. The molecule has 1 saturated heterocycles. The van der Waals surface area contributed by atoms with E-state index in [2.05, 4.69) is 5.32 Å². The number of allylic oxidation sites excluding steroid dienone is 2. The molecular weight excluding hydrogens is 268 g/mol. The van der Waals surface area contributed by atoms with E-state index in [1.54, 1.807) is 0 Å². The van der Waals surface area contributed by atoms with Crippen LogP contribution in [-0.4, -0.2) is 35.2 Å². The Morgan fingerprint density at radius 2 is 1.67 bits per heavy atom. The Kier molecular flexibility index (Phi) is 4.08. The number of hydrogen-bond acceptors (Lipinski definition) is 3. The van der Waals surface area contributed by atoms with Gasteiger partial charge in [0, 0.05) is 19.0 Å². The van der Waals surface area contributed by atoms with E-state index < -0.39 is 0 Å². The van der Waals surface area contributed by atoms with E-state index in [0.29, 0.717) is 12.8 Å². The fraction of sp³-hybridized carbons (Fsp3) is 0.688. The predicted molar refractivity (Wildman–Crippen MR) is 77.1 cm³/mol. The van der Waals surface area contributed by atoms with Crippen LogP contribution in [0.15, 0.2) is 12.2 Å². The summed E-state index contributed by atoms with van der Waals surface area (Å²) in [6.45, 7) is 0.225. The number of carbonyl (C=O) groups excluding carboxylic acids is 3. The first-order chi connectivity index (χ1) is 10.2. The van der Waals surface area contributed by atoms with Gasteiger partial charge < -0.3 is 5.32 Å². The fourth-order valence-corrected chi connectivity index (χ4v) is 3.67. The van der Waals surface area contributed by atoms with Crippen LogP contribution in [0, 0.1) is 11.8 Å². The minimum absolute atomic E-state index is 0.0458. The normalized spacial score (nSPS) is 29.0. The number of imide groups is 1. The molecule has 0 bridgehead atoms. The van der Waals surface area contributed by atoms with Gasteiger partial charge >= 0.3 is 0 Å². The first-order valence-corrected chi connectivity index (χ1v) is 7.96. The molecule has 2 atom stereocenters. The van der Waals surface area contributed by atoms with Gasteiger partial charge in [-0.1, -0.05) is 25.0 Å². The number of likely N-dealkylation sites (tertiary alicyclic amines) is 1. The van der Waals surface area contributed by atoms with Crippen molar-refractivity contribution in [2.45, 2.75) is 51.0 Å². The minimum Gasteiger partial charge on any atom is -0.353 e. The van der Waals surface area contributed by atoms with E-state index >= 15 is 0 Å². The SMILES string of the molecule is O=C(CCN1C(=O)[C@@H]2CC=CC[C@H]2C1=O)NC1CCCC1. The van der Waals surface area contributed by atoms with Crippen molar-refractivity contribution >= 4 is 17.7 Å². The topological polar surface area (TPSA) is 66.5 Å². The Morgan fingerprint density at radius 3 is 2.24 bits per heavy atom. The number of rotatable bonds is 4. The summed E-state index contributed by atoms with van der Waals surface area (Å²) in [5.74, 6) is -0.623. The van der Waals surface area contributed by atoms with E-state index in [1.807, 2.05) is 12.2 Å². The largest absolute Gasteiger partial charge is 0.353 e. The van der Waals surface area contributed by atoms with Crippen LogP contribution in [0.3, 0.4) is 0 Å². The molecule has 0 unspecified atom stereocenters. The third kappa shape index (κ3) is 2.87. The molecule has 3 amide bonds. The van der Waals surface area contributed by atoms with Crippen LogP contribution in [0.1, 0.15) is 44.9 Å². The van der Waals surface area contributed by atoms with E-state index in [-0.39, 0.29) is 48.6 Å². The zero-order valence-corrected chi connectivity index (χ0v) is 12.2. The van der Waals surface area contributed by atoms with Gasteiger partial charge in [-0.15, -0.1) is 0 Å². The molecule has 2 fully saturated rings. The molecule has 1 N–H and O–H groups in total. The Morgan fingerprint density at radius 1 is 1.10 bits per heavy atom. The van der Waals surface area contributed by atoms with E-state index in [4.69, 9.17) is 0 Å². The third-order valence-electron chi connectivity index (χ3n) is 4.88. The lowest BCUT2D eigenvalue weighted by Crippen LogP contribution is -2.38. The van der Waals surface area contributed by atoms with Crippen molar-refractivity contribution in [3.63, 3.8) is 0 Å². The zero-order valence-electron chi connectivity index (χ0n) is 12.2. The van der Waals surface area contributed by atoms with Crippen LogP contribution in [0.2, 0.25) is 0 Å². The van der Waals surface area contributed by atoms with Crippen molar-refractivity contribution in [1.82, 2.24) is 10.2 Å². The lowest BCUT2D eigenvalue weighted by atomic mass is 9.85. The summed E-state index contributed by atoms with van der Waals surface area (Å²) in [6, 6.07) is 0.286. The Bertz CT molecular complexity index is 454. The van der Waals surface area contributed by atoms with Gasteiger partial charge in [-0.3, -0.25) is 19.3 Å². The van der Waals surface area contributed by atoms with Gasteiger partial charge in [0.2, 0.25) is 17.7 Å². The molecule has 5 heteroatoms. The third-order valence-corrected chi connectivity index (χ3v) is 4.88. The highest BCUT2D eigenvalue weighted by Gasteiger charge is 2.46. The van der Waals surface area contributed by atoms with Crippen molar-refractivity contribution in [2.24, 2.45) is 11.8 Å². The summed E-state index contributed by atoms with van der Waals surface area (Å²) in [5, 5.41) is 2.99. The van der Waals surface area contributed by atoms with Crippen LogP contribution in [0.4, 0.5) is 0 Å². The first kappa shape index (κ1) is 14.3. The van der Waals surface area contributed by atoms with Gasteiger partial charge in [-0.2, -0.15) is 0 Å². The van der Waals surface area contributed by atoms with Gasteiger partial charge in [0.15, 0.2) is 0 Å². The number of hydrogen-bond donors (Lipinski definition) is 1. The van der Waals surface area contributed by atoms with E-state index in [0.717, 1.165) is 12.8 Å². The van der Waals surface area contributed by atoms with Crippen molar-refractivity contribution < 1.29 is 14.4 Å². The summed E-state index contributed by atoms with van der Waals surface area (Å²) < 4.78 is 0. The Hall–Kier alpha value is -1.65. The highest BCUT2D eigenvalue weighted by Crippen LogP contribution is 2.34. The molecule has 1 aliphatic heterocycles. The molecular formula is C16H22N2O3. The number of carbonyl (C=O) groups is 3. The summed E-state index contributed by atoms with van der Waals surface area (Å²) in [7, 11) is 0. The maximum atomic E-state index is 12.2. The lowest BCUT2D eigenvalue weighted by Gasteiger charge is -2.16. The van der Waals surface area contributed by atoms with Crippen LogP contribution in [0.5, 0.6) is 0 Å². The highest BCUT2D eigenvalue weighted by atomic mass is 16.2. The molecule has 1 saturated carbocycles. The van der Waals surface area contributed by atoms with Crippen molar-refractivity contribution in [1.29, 1.82) is 0 Å². The molecule has 3 rings (SSSR count). The van der Waals surface area contributed by atoms with Crippen LogP contribution in [-0.2, 0) is 14.4 Å². The molecule has 3 aliphatic rings. The first-order valence-electron chi connectivity index (χ1n) is 7.96. The summed E-state index contributed by atoms with van der Waals surface area (Å²) in [6.07, 6.45) is 9.91. The smallest absolute Gasteiger partial charge is 0.233 e. The molecule has 114 valence electrons. The monoisotopic (exact) mass is 290 g/mol. The maximum Gasteiger partial charge on any atom is 0.233 e. The molecule has 1 heterocycles. The van der Waals surface area contributed by atoms with Gasteiger partial charge in [-0.05, 0) is 25.7 Å². The van der Waals surface area contributed by atoms with Crippen molar-refractivity contribution in [2.75, 3.05) is 6.54 Å². The summed E-state index contributed by atoms with van der Waals surface area (Å²) in [5.41, 5.74) is 0. The van der Waals surface area contributed by atoms with Gasteiger partial charge in [0.25, 0.3) is 0 Å². The Labute approximate surface area is 124 Å². The molecule has 2 aliphatic carbocycles. The molecule has 0 spiro atoms. The number of nitrogens with one attached hydrogen (secondary N) is 1. The van der Waals surface area contributed by atoms with Gasteiger partial charge in [0.1, 0.15) is 0 Å². The van der Waals surface area contributed by atoms with Crippen LogP contribution >= 0.6 is 0 Å². The van der Waals surface area contributed by atoms with Crippen LogP contribution < -0.4 is 5.32 Å². The zero-order chi connectivity index (χ0) is 14.8. The maximum absolute atomic E-state index is 12.2. The molecule has 5 nitrogen and oxygen atoms in total. The predicted octanol–water partition coefficient (Wildman–Crippen LogP) is 1.39. The fourth-order valence-electron chi connectivity index (χ4n) is 3.67. The molecule has 0 aromatic rings. The second-order valence-corrected chi connectivity index (χ2v) is 6.28. The number of fused-ring (bicyclic) bond motifs is 1. The highest BCUT2D eigenvalue weighted by molar-refractivity contribution is 6.05. The number of nitrogens with zero attached hydrogens (tertiary/aromatic N) is 1. The van der Waals surface area contributed by atoms with Gasteiger partial charge in [0.05, 0.1) is 11.8 Å². The van der Waals surface area contributed by atoms with E-state index in [1.165, 1.54) is 17.7 Å². The lowest BCUT2D eigenvalue weighted by molar-refractivity contribution is -0.140. The summed E-state index contributed by atoms with van der Waals surface area (Å²) in [4.78, 5) is 37.7. The minimum atomic E-state index is -0.194. The average molecular weight is 290 g/mol.